The summed E-state index contributed by atoms with van der Waals surface area (Å²) in [6.45, 7) is 6.45. The summed E-state index contributed by atoms with van der Waals surface area (Å²) >= 11 is 0. The molecule has 0 saturated heterocycles. The van der Waals surface area contributed by atoms with Crippen LogP contribution in [0.15, 0.2) is 95.3 Å². The van der Waals surface area contributed by atoms with Crippen LogP contribution in [0.5, 0.6) is 0 Å². The first-order chi connectivity index (χ1) is 13.0. The van der Waals surface area contributed by atoms with Crippen molar-refractivity contribution in [1.82, 2.24) is 0 Å². The highest BCUT2D eigenvalue weighted by Gasteiger charge is 2.23. The molecule has 0 aromatic heterocycles. The highest BCUT2D eigenvalue weighted by molar-refractivity contribution is 5.94. The van der Waals surface area contributed by atoms with Crippen LogP contribution in [-0.2, 0) is 0 Å². The summed E-state index contributed by atoms with van der Waals surface area (Å²) in [5.74, 6) is 0. The third-order valence-electron chi connectivity index (χ3n) is 4.64. The lowest BCUT2D eigenvalue weighted by Crippen LogP contribution is -2.37. The Labute approximate surface area is 159 Å². The highest BCUT2D eigenvalue weighted by Crippen LogP contribution is 2.33. The van der Waals surface area contributed by atoms with Gasteiger partial charge in [0.05, 0.1) is 16.9 Å². The first kappa shape index (κ1) is 17.2. The largest absolute Gasteiger partial charge is 0.241 e. The molecule has 0 aliphatic heterocycles. The minimum absolute atomic E-state index is 0.210. The monoisotopic (exact) mass is 353 g/mol. The van der Waals surface area contributed by atoms with Gasteiger partial charge in [-0.2, -0.15) is 0 Å². The smallest absolute Gasteiger partial charge is 0.0952 e. The number of hydrogen-bond donors (Lipinski definition) is 0. The molecule has 0 N–H and O–H groups in total. The van der Waals surface area contributed by atoms with Gasteiger partial charge in [0.2, 0.25) is 0 Å². The maximum atomic E-state index is 4.69. The Bertz CT molecular complexity index is 1110. The second kappa shape index (κ2) is 6.84. The van der Waals surface area contributed by atoms with Gasteiger partial charge in [0.1, 0.15) is 0 Å². The Hall–Kier alpha value is -3.20. The molecular weight excluding hydrogens is 330 g/mol. The lowest BCUT2D eigenvalue weighted by Gasteiger charge is -2.32. The van der Waals surface area contributed by atoms with Crippen molar-refractivity contribution in [2.75, 3.05) is 5.01 Å². The summed E-state index contributed by atoms with van der Waals surface area (Å²) in [6.07, 6.45) is 0. The minimum atomic E-state index is -0.210. The van der Waals surface area contributed by atoms with Gasteiger partial charge in [-0.25, -0.2) is 5.01 Å². The SMILES string of the molecule is CC(C)(C)N(N=Nc1cccc2ccccc12)c1cccc2ccccc12. The Morgan fingerprint density at radius 1 is 0.630 bits per heavy atom. The van der Waals surface area contributed by atoms with Crippen LogP contribution in [0, 0.1) is 0 Å². The van der Waals surface area contributed by atoms with E-state index in [0.717, 1.165) is 16.8 Å². The molecule has 0 saturated carbocycles. The third-order valence-corrected chi connectivity index (χ3v) is 4.64. The summed E-state index contributed by atoms with van der Waals surface area (Å²) < 4.78 is 0. The normalized spacial score (nSPS) is 12.1. The Kier molecular flexibility index (Phi) is 4.36. The Morgan fingerprint density at radius 2 is 1.19 bits per heavy atom. The fourth-order valence-electron chi connectivity index (χ4n) is 3.33. The lowest BCUT2D eigenvalue weighted by molar-refractivity contribution is 0.505. The van der Waals surface area contributed by atoms with Crippen molar-refractivity contribution >= 4 is 32.9 Å². The van der Waals surface area contributed by atoms with Crippen LogP contribution in [0.25, 0.3) is 21.5 Å². The van der Waals surface area contributed by atoms with Crippen LogP contribution in [-0.4, -0.2) is 5.54 Å². The molecule has 0 aliphatic carbocycles. The van der Waals surface area contributed by atoms with Gasteiger partial charge in [0.15, 0.2) is 0 Å². The predicted molar refractivity (Wildman–Crippen MR) is 115 cm³/mol. The van der Waals surface area contributed by atoms with Crippen molar-refractivity contribution in [2.24, 2.45) is 10.3 Å². The van der Waals surface area contributed by atoms with Crippen LogP contribution in [0.2, 0.25) is 0 Å². The van der Waals surface area contributed by atoms with Gasteiger partial charge in [0, 0.05) is 10.8 Å². The van der Waals surface area contributed by atoms with Gasteiger partial charge >= 0.3 is 0 Å². The summed E-state index contributed by atoms with van der Waals surface area (Å²) in [4.78, 5) is 0. The van der Waals surface area contributed by atoms with E-state index in [1.165, 1.54) is 16.2 Å². The number of benzene rings is 4. The highest BCUT2D eigenvalue weighted by atomic mass is 15.6. The quantitative estimate of drug-likeness (QED) is 0.280. The van der Waals surface area contributed by atoms with Crippen molar-refractivity contribution in [2.45, 2.75) is 26.3 Å². The second-order valence-electron chi connectivity index (χ2n) is 7.67. The molecule has 3 nitrogen and oxygen atoms in total. The van der Waals surface area contributed by atoms with E-state index >= 15 is 0 Å². The van der Waals surface area contributed by atoms with E-state index in [4.69, 9.17) is 5.22 Å². The zero-order valence-corrected chi connectivity index (χ0v) is 15.9. The molecule has 0 aliphatic rings. The van der Waals surface area contributed by atoms with Crippen molar-refractivity contribution < 1.29 is 0 Å². The van der Waals surface area contributed by atoms with E-state index in [1.54, 1.807) is 0 Å². The van der Waals surface area contributed by atoms with Gasteiger partial charge in [0.25, 0.3) is 0 Å². The fourth-order valence-corrected chi connectivity index (χ4v) is 3.33. The summed E-state index contributed by atoms with van der Waals surface area (Å²) in [7, 11) is 0. The molecule has 3 heteroatoms. The zero-order valence-electron chi connectivity index (χ0n) is 15.9. The maximum Gasteiger partial charge on any atom is 0.0952 e. The van der Waals surface area contributed by atoms with Crippen molar-refractivity contribution in [1.29, 1.82) is 0 Å². The van der Waals surface area contributed by atoms with Gasteiger partial charge in [-0.3, -0.25) is 0 Å². The van der Waals surface area contributed by atoms with E-state index in [2.05, 4.69) is 86.5 Å². The van der Waals surface area contributed by atoms with Gasteiger partial charge < -0.3 is 0 Å². The molecule has 0 fully saturated rings. The van der Waals surface area contributed by atoms with E-state index in [1.807, 2.05) is 29.3 Å². The molecule has 0 spiro atoms. The molecule has 0 bridgehead atoms. The molecule has 0 unspecified atom stereocenters. The van der Waals surface area contributed by atoms with E-state index < -0.39 is 0 Å². The van der Waals surface area contributed by atoms with Crippen molar-refractivity contribution in [3.05, 3.63) is 84.9 Å². The first-order valence-electron chi connectivity index (χ1n) is 9.21. The molecule has 0 atom stereocenters. The molecular formula is C24H23N3. The Balaban J connectivity index is 1.83. The van der Waals surface area contributed by atoms with E-state index in [-0.39, 0.29) is 5.54 Å². The fraction of sp³-hybridized carbons (Fsp3) is 0.167. The lowest BCUT2D eigenvalue weighted by atomic mass is 10.0. The summed E-state index contributed by atoms with van der Waals surface area (Å²) in [6, 6.07) is 29.1. The van der Waals surface area contributed by atoms with Crippen LogP contribution >= 0.6 is 0 Å². The molecule has 4 aromatic rings. The predicted octanol–water partition coefficient (Wildman–Crippen LogP) is 7.30. The number of fused-ring (bicyclic) bond motifs is 2. The standard InChI is InChI=1S/C24H23N3/c1-24(2,3)27(23-17-9-13-19-11-5-7-15-21(19)23)26-25-22-16-8-12-18-10-4-6-14-20(18)22/h4-17H,1-3H3. The number of nitrogens with zero attached hydrogens (tertiary/aromatic N) is 3. The number of hydrogen-bond acceptors (Lipinski definition) is 2. The number of anilines is 1. The van der Waals surface area contributed by atoms with Gasteiger partial charge in [-0.1, -0.05) is 78.0 Å². The zero-order chi connectivity index (χ0) is 18.9. The molecule has 0 radical (unpaired) electrons. The molecule has 134 valence electrons. The van der Waals surface area contributed by atoms with Crippen LogP contribution in [0.3, 0.4) is 0 Å². The number of rotatable bonds is 3. The molecule has 4 rings (SSSR count). The van der Waals surface area contributed by atoms with Crippen molar-refractivity contribution in [3.63, 3.8) is 0 Å². The first-order valence-corrected chi connectivity index (χ1v) is 9.21. The van der Waals surface area contributed by atoms with Crippen LogP contribution in [0.1, 0.15) is 20.8 Å². The van der Waals surface area contributed by atoms with E-state index in [0.29, 0.717) is 0 Å². The minimum Gasteiger partial charge on any atom is -0.241 e. The Morgan fingerprint density at radius 3 is 1.89 bits per heavy atom. The average Bonchev–Trinajstić information content (AvgIpc) is 2.67. The second-order valence-corrected chi connectivity index (χ2v) is 7.67. The maximum absolute atomic E-state index is 4.69. The van der Waals surface area contributed by atoms with E-state index in [9.17, 15) is 0 Å². The van der Waals surface area contributed by atoms with Crippen LogP contribution < -0.4 is 5.01 Å². The van der Waals surface area contributed by atoms with Crippen molar-refractivity contribution in [3.8, 4) is 0 Å². The topological polar surface area (TPSA) is 28.0 Å². The molecule has 0 heterocycles. The third kappa shape index (κ3) is 3.41. The van der Waals surface area contributed by atoms with Gasteiger partial charge in [-0.15, -0.1) is 5.11 Å². The van der Waals surface area contributed by atoms with Crippen LogP contribution in [0.4, 0.5) is 11.4 Å². The average molecular weight is 353 g/mol. The summed E-state index contributed by atoms with van der Waals surface area (Å²) in [5, 5.41) is 16.0. The van der Waals surface area contributed by atoms with Gasteiger partial charge in [-0.05, 0) is 43.7 Å². The molecule has 0 amide bonds. The molecule has 27 heavy (non-hydrogen) atoms. The summed E-state index contributed by atoms with van der Waals surface area (Å²) in [5.41, 5.74) is 1.73. The molecule has 4 aromatic carbocycles.